The third-order valence-electron chi connectivity index (χ3n) is 6.12. The van der Waals surface area contributed by atoms with Crippen LogP contribution in [0.5, 0.6) is 0 Å². The van der Waals surface area contributed by atoms with E-state index in [1.54, 1.807) is 0 Å². The fourth-order valence-corrected chi connectivity index (χ4v) is 4.84. The number of hydrogen-bond donors (Lipinski definition) is 0. The SMILES string of the molecule is CC(C)C1CN2CCCC2CN1C1(C)CCCCC1. The van der Waals surface area contributed by atoms with Crippen LogP contribution in [-0.4, -0.2) is 47.1 Å². The minimum atomic E-state index is 0.502. The van der Waals surface area contributed by atoms with E-state index in [4.69, 9.17) is 0 Å². The first-order chi connectivity index (χ1) is 9.10. The van der Waals surface area contributed by atoms with Crippen molar-refractivity contribution < 1.29 is 0 Å². The highest BCUT2D eigenvalue weighted by atomic mass is 15.3. The molecule has 0 aromatic rings. The fraction of sp³-hybridized carbons (Fsp3) is 1.00. The molecule has 0 aromatic heterocycles. The van der Waals surface area contributed by atoms with Gasteiger partial charge in [0.05, 0.1) is 0 Å². The summed E-state index contributed by atoms with van der Waals surface area (Å²) in [6, 6.07) is 1.66. The summed E-state index contributed by atoms with van der Waals surface area (Å²) in [6.45, 7) is 11.5. The maximum Gasteiger partial charge on any atom is 0.0252 e. The molecule has 0 aromatic carbocycles. The molecule has 2 saturated heterocycles. The van der Waals surface area contributed by atoms with Gasteiger partial charge in [0.2, 0.25) is 0 Å². The molecule has 0 spiro atoms. The molecule has 2 heteroatoms. The minimum absolute atomic E-state index is 0.502. The Kier molecular flexibility index (Phi) is 3.92. The van der Waals surface area contributed by atoms with Gasteiger partial charge in [-0.3, -0.25) is 9.80 Å². The van der Waals surface area contributed by atoms with E-state index in [2.05, 4.69) is 30.6 Å². The van der Waals surface area contributed by atoms with Gasteiger partial charge in [-0.2, -0.15) is 0 Å². The van der Waals surface area contributed by atoms with Gasteiger partial charge >= 0.3 is 0 Å². The van der Waals surface area contributed by atoms with E-state index in [0.717, 1.165) is 18.0 Å². The topological polar surface area (TPSA) is 6.48 Å². The number of nitrogens with zero attached hydrogens (tertiary/aromatic N) is 2. The largest absolute Gasteiger partial charge is 0.298 e. The van der Waals surface area contributed by atoms with Gasteiger partial charge in [0.15, 0.2) is 0 Å². The zero-order valence-corrected chi connectivity index (χ0v) is 13.2. The van der Waals surface area contributed by atoms with Crippen molar-refractivity contribution in [3.63, 3.8) is 0 Å². The molecular weight excluding hydrogens is 232 g/mol. The Hall–Kier alpha value is -0.0800. The van der Waals surface area contributed by atoms with E-state index in [-0.39, 0.29) is 0 Å². The van der Waals surface area contributed by atoms with Crippen LogP contribution in [0.15, 0.2) is 0 Å². The van der Waals surface area contributed by atoms with Crippen molar-refractivity contribution in [3.05, 3.63) is 0 Å². The third kappa shape index (κ3) is 2.58. The number of fused-ring (bicyclic) bond motifs is 1. The summed E-state index contributed by atoms with van der Waals surface area (Å²) in [7, 11) is 0. The van der Waals surface area contributed by atoms with Gasteiger partial charge in [-0.05, 0) is 45.1 Å². The smallest absolute Gasteiger partial charge is 0.0252 e. The van der Waals surface area contributed by atoms with E-state index in [9.17, 15) is 0 Å². The molecule has 1 aliphatic carbocycles. The number of hydrogen-bond acceptors (Lipinski definition) is 2. The maximum atomic E-state index is 2.95. The molecule has 0 amide bonds. The van der Waals surface area contributed by atoms with Crippen molar-refractivity contribution in [3.8, 4) is 0 Å². The highest BCUT2D eigenvalue weighted by Gasteiger charge is 2.45. The lowest BCUT2D eigenvalue weighted by Gasteiger charge is -2.55. The summed E-state index contributed by atoms with van der Waals surface area (Å²) in [6.07, 6.45) is 10.1. The Morgan fingerprint density at radius 3 is 2.42 bits per heavy atom. The van der Waals surface area contributed by atoms with Crippen molar-refractivity contribution in [2.75, 3.05) is 19.6 Å². The molecule has 3 rings (SSSR count). The zero-order valence-electron chi connectivity index (χ0n) is 13.2. The minimum Gasteiger partial charge on any atom is -0.298 e. The molecule has 0 N–H and O–H groups in total. The molecule has 3 fully saturated rings. The van der Waals surface area contributed by atoms with E-state index in [0.29, 0.717) is 5.54 Å². The quantitative estimate of drug-likeness (QED) is 0.753. The van der Waals surface area contributed by atoms with E-state index < -0.39 is 0 Å². The van der Waals surface area contributed by atoms with E-state index in [1.165, 1.54) is 64.6 Å². The summed E-state index contributed by atoms with van der Waals surface area (Å²) in [5.41, 5.74) is 0.502. The molecule has 0 radical (unpaired) electrons. The van der Waals surface area contributed by atoms with Crippen LogP contribution in [0.3, 0.4) is 0 Å². The van der Waals surface area contributed by atoms with Crippen LogP contribution in [-0.2, 0) is 0 Å². The molecule has 2 nitrogen and oxygen atoms in total. The van der Waals surface area contributed by atoms with E-state index in [1.807, 2.05) is 0 Å². The first kappa shape index (κ1) is 13.9. The highest BCUT2D eigenvalue weighted by Crippen LogP contribution is 2.39. The molecule has 3 aliphatic rings. The average molecular weight is 264 g/mol. The van der Waals surface area contributed by atoms with Crippen molar-refractivity contribution in [1.29, 1.82) is 0 Å². The van der Waals surface area contributed by atoms with Crippen molar-refractivity contribution >= 4 is 0 Å². The molecular formula is C17H32N2. The predicted molar refractivity (Wildman–Crippen MR) is 81.4 cm³/mol. The van der Waals surface area contributed by atoms with Gasteiger partial charge in [0, 0.05) is 30.7 Å². The Bertz CT molecular complexity index is 306. The Morgan fingerprint density at radius 2 is 1.74 bits per heavy atom. The van der Waals surface area contributed by atoms with Crippen molar-refractivity contribution in [1.82, 2.24) is 9.80 Å². The second kappa shape index (κ2) is 5.37. The molecule has 1 saturated carbocycles. The van der Waals surface area contributed by atoms with Crippen LogP contribution in [0, 0.1) is 5.92 Å². The Morgan fingerprint density at radius 1 is 1.00 bits per heavy atom. The highest BCUT2D eigenvalue weighted by molar-refractivity contribution is 5.01. The predicted octanol–water partition coefficient (Wildman–Crippen LogP) is 3.51. The monoisotopic (exact) mass is 264 g/mol. The summed E-state index contributed by atoms with van der Waals surface area (Å²) < 4.78 is 0. The van der Waals surface area contributed by atoms with Gasteiger partial charge in [0.25, 0.3) is 0 Å². The van der Waals surface area contributed by atoms with Crippen LogP contribution < -0.4 is 0 Å². The second-order valence-electron chi connectivity index (χ2n) is 7.81. The van der Waals surface area contributed by atoms with Gasteiger partial charge in [-0.15, -0.1) is 0 Å². The molecule has 2 heterocycles. The average Bonchev–Trinajstić information content (AvgIpc) is 2.85. The van der Waals surface area contributed by atoms with Crippen LogP contribution >= 0.6 is 0 Å². The second-order valence-corrected chi connectivity index (χ2v) is 7.81. The fourth-order valence-electron chi connectivity index (χ4n) is 4.84. The number of rotatable bonds is 2. The van der Waals surface area contributed by atoms with Crippen LogP contribution in [0.1, 0.15) is 65.7 Å². The maximum absolute atomic E-state index is 2.95. The van der Waals surface area contributed by atoms with E-state index >= 15 is 0 Å². The summed E-state index contributed by atoms with van der Waals surface area (Å²) in [5, 5.41) is 0. The normalized spacial score (nSPS) is 36.6. The molecule has 2 aliphatic heterocycles. The lowest BCUT2D eigenvalue weighted by Crippen LogP contribution is -2.64. The van der Waals surface area contributed by atoms with Crippen LogP contribution in [0.2, 0.25) is 0 Å². The van der Waals surface area contributed by atoms with Crippen molar-refractivity contribution in [2.24, 2.45) is 5.92 Å². The molecule has 19 heavy (non-hydrogen) atoms. The lowest BCUT2D eigenvalue weighted by molar-refractivity contribution is -0.0543. The lowest BCUT2D eigenvalue weighted by atomic mass is 9.79. The van der Waals surface area contributed by atoms with Gasteiger partial charge in [-0.1, -0.05) is 33.1 Å². The van der Waals surface area contributed by atoms with Gasteiger partial charge < -0.3 is 0 Å². The molecule has 0 bridgehead atoms. The standard InChI is InChI=1S/C17H32N2/c1-14(2)16-13-18-11-7-8-15(18)12-19(16)17(3)9-5-4-6-10-17/h14-16H,4-13H2,1-3H3. The first-order valence-electron chi connectivity index (χ1n) is 8.61. The summed E-state index contributed by atoms with van der Waals surface area (Å²) in [4.78, 5) is 5.73. The Labute approximate surface area is 119 Å². The Balaban J connectivity index is 1.79. The van der Waals surface area contributed by atoms with Gasteiger partial charge in [-0.25, -0.2) is 0 Å². The first-order valence-corrected chi connectivity index (χ1v) is 8.61. The zero-order chi connectivity index (χ0) is 13.5. The summed E-state index contributed by atoms with van der Waals surface area (Å²) >= 11 is 0. The molecule has 2 atom stereocenters. The number of piperazine rings is 1. The molecule has 2 unspecified atom stereocenters. The summed E-state index contributed by atoms with van der Waals surface area (Å²) in [5.74, 6) is 0.792. The van der Waals surface area contributed by atoms with Crippen molar-refractivity contribution in [2.45, 2.75) is 83.3 Å². The van der Waals surface area contributed by atoms with Crippen LogP contribution in [0.25, 0.3) is 0 Å². The third-order valence-corrected chi connectivity index (χ3v) is 6.12. The van der Waals surface area contributed by atoms with Crippen LogP contribution in [0.4, 0.5) is 0 Å². The van der Waals surface area contributed by atoms with Gasteiger partial charge in [0.1, 0.15) is 0 Å². The molecule has 110 valence electrons.